The third-order valence-electron chi connectivity index (χ3n) is 2.65. The zero-order valence-electron chi connectivity index (χ0n) is 10.3. The van der Waals surface area contributed by atoms with E-state index < -0.39 is 10.0 Å². The number of hydrogen-bond acceptors (Lipinski definition) is 3. The van der Waals surface area contributed by atoms with Crippen LogP contribution in [-0.2, 0) is 16.6 Å². The first kappa shape index (κ1) is 16.3. The summed E-state index contributed by atoms with van der Waals surface area (Å²) in [6.45, 7) is 2.14. The first-order valence-corrected chi connectivity index (χ1v) is 9.44. The average molecular weight is 415 g/mol. The number of aryl methyl sites for hydroxylation is 1. The SMILES string of the molecule is Cc1cscc1CNS(=O)(=O)c1c(Cl)cc(Br)cc1Cl. The minimum Gasteiger partial charge on any atom is -0.207 e. The molecule has 1 N–H and O–H groups in total. The highest BCUT2D eigenvalue weighted by molar-refractivity contribution is 9.10. The molecular formula is C12H10BrCl2NO2S2. The van der Waals surface area contributed by atoms with E-state index in [1.807, 2.05) is 17.7 Å². The molecule has 0 saturated carbocycles. The van der Waals surface area contributed by atoms with Crippen LogP contribution in [-0.4, -0.2) is 8.42 Å². The average Bonchev–Trinajstić information content (AvgIpc) is 2.70. The fourth-order valence-corrected chi connectivity index (χ4v) is 5.39. The highest BCUT2D eigenvalue weighted by Crippen LogP contribution is 2.32. The Hall–Kier alpha value is -0.110. The van der Waals surface area contributed by atoms with Gasteiger partial charge in [0, 0.05) is 11.0 Å². The monoisotopic (exact) mass is 413 g/mol. The smallest absolute Gasteiger partial charge is 0.207 e. The largest absolute Gasteiger partial charge is 0.243 e. The van der Waals surface area contributed by atoms with E-state index in [-0.39, 0.29) is 21.5 Å². The van der Waals surface area contributed by atoms with Crippen LogP contribution in [0.1, 0.15) is 11.1 Å². The van der Waals surface area contributed by atoms with Crippen LogP contribution < -0.4 is 4.72 Å². The Bertz CT molecular complexity index is 721. The number of sulfonamides is 1. The molecule has 108 valence electrons. The molecule has 2 aromatic rings. The molecule has 0 saturated heterocycles. The van der Waals surface area contributed by atoms with E-state index in [0.29, 0.717) is 4.47 Å². The lowest BCUT2D eigenvalue weighted by Gasteiger charge is -2.10. The zero-order chi connectivity index (χ0) is 14.9. The molecule has 2 rings (SSSR count). The number of hydrogen-bond donors (Lipinski definition) is 1. The van der Waals surface area contributed by atoms with Crippen molar-refractivity contribution < 1.29 is 8.42 Å². The van der Waals surface area contributed by atoms with Crippen LogP contribution in [0.4, 0.5) is 0 Å². The van der Waals surface area contributed by atoms with E-state index in [2.05, 4.69) is 20.7 Å². The van der Waals surface area contributed by atoms with Crippen molar-refractivity contribution in [3.8, 4) is 0 Å². The number of benzene rings is 1. The standard InChI is InChI=1S/C12H10BrCl2NO2S2/c1-7-5-19-6-8(7)4-16-20(17,18)12-10(14)2-9(13)3-11(12)15/h2-3,5-6,16H,4H2,1H3. The number of halogens is 3. The van der Waals surface area contributed by atoms with Crippen molar-refractivity contribution in [1.29, 1.82) is 0 Å². The van der Waals surface area contributed by atoms with Gasteiger partial charge in [0.1, 0.15) is 4.90 Å². The third-order valence-corrected chi connectivity index (χ3v) is 6.34. The molecule has 20 heavy (non-hydrogen) atoms. The Balaban J connectivity index is 2.30. The highest BCUT2D eigenvalue weighted by atomic mass is 79.9. The zero-order valence-corrected chi connectivity index (χ0v) is 15.0. The van der Waals surface area contributed by atoms with E-state index in [0.717, 1.165) is 11.1 Å². The summed E-state index contributed by atoms with van der Waals surface area (Å²) in [5.41, 5.74) is 1.98. The van der Waals surface area contributed by atoms with Crippen molar-refractivity contribution in [3.05, 3.63) is 48.5 Å². The van der Waals surface area contributed by atoms with Crippen LogP contribution >= 0.6 is 50.5 Å². The van der Waals surface area contributed by atoms with Gasteiger partial charge in [-0.05, 0) is 40.9 Å². The van der Waals surface area contributed by atoms with Crippen molar-refractivity contribution in [1.82, 2.24) is 4.72 Å². The second-order valence-corrected chi connectivity index (χ2v) is 8.28. The van der Waals surface area contributed by atoms with E-state index >= 15 is 0 Å². The summed E-state index contributed by atoms with van der Waals surface area (Å²) in [6, 6.07) is 3.00. The first-order valence-electron chi connectivity index (χ1n) is 5.47. The van der Waals surface area contributed by atoms with Crippen LogP contribution in [0.15, 0.2) is 32.3 Å². The summed E-state index contributed by atoms with van der Waals surface area (Å²) >= 11 is 16.7. The van der Waals surface area contributed by atoms with Crippen molar-refractivity contribution >= 4 is 60.5 Å². The van der Waals surface area contributed by atoms with Gasteiger partial charge in [0.25, 0.3) is 0 Å². The Morgan fingerprint density at radius 1 is 1.25 bits per heavy atom. The van der Waals surface area contributed by atoms with Crippen molar-refractivity contribution in [2.24, 2.45) is 0 Å². The second kappa shape index (κ2) is 6.34. The lowest BCUT2D eigenvalue weighted by atomic mass is 10.2. The van der Waals surface area contributed by atoms with Crippen LogP contribution in [0, 0.1) is 6.92 Å². The van der Waals surface area contributed by atoms with Crippen molar-refractivity contribution in [3.63, 3.8) is 0 Å². The van der Waals surface area contributed by atoms with Gasteiger partial charge in [0.2, 0.25) is 10.0 Å². The lowest BCUT2D eigenvalue weighted by Crippen LogP contribution is -2.24. The molecule has 0 aliphatic heterocycles. The predicted octanol–water partition coefficient (Wildman–Crippen LogP) is 4.60. The molecule has 0 fully saturated rings. The molecule has 1 aromatic heterocycles. The normalized spacial score (nSPS) is 11.8. The summed E-state index contributed by atoms with van der Waals surface area (Å²) in [7, 11) is -3.76. The molecular weight excluding hydrogens is 405 g/mol. The first-order chi connectivity index (χ1) is 9.31. The summed E-state index contributed by atoms with van der Waals surface area (Å²) in [6.07, 6.45) is 0. The quantitative estimate of drug-likeness (QED) is 0.794. The van der Waals surface area contributed by atoms with E-state index in [1.165, 1.54) is 23.5 Å². The Labute approximate surface area is 140 Å². The van der Waals surface area contributed by atoms with E-state index in [9.17, 15) is 8.42 Å². The van der Waals surface area contributed by atoms with E-state index in [4.69, 9.17) is 23.2 Å². The fourth-order valence-electron chi connectivity index (χ4n) is 1.60. The Morgan fingerprint density at radius 2 is 1.85 bits per heavy atom. The summed E-state index contributed by atoms with van der Waals surface area (Å²) in [5.74, 6) is 0. The molecule has 8 heteroatoms. The van der Waals surface area contributed by atoms with Crippen LogP contribution in [0.5, 0.6) is 0 Å². The van der Waals surface area contributed by atoms with Crippen LogP contribution in [0.2, 0.25) is 10.0 Å². The minimum absolute atomic E-state index is 0.0823. The van der Waals surface area contributed by atoms with Gasteiger partial charge in [0.15, 0.2) is 0 Å². The lowest BCUT2D eigenvalue weighted by molar-refractivity contribution is 0.581. The van der Waals surface area contributed by atoms with Crippen LogP contribution in [0.3, 0.4) is 0 Å². The number of thiophene rings is 1. The number of nitrogens with one attached hydrogen (secondary N) is 1. The van der Waals surface area contributed by atoms with Gasteiger partial charge in [-0.3, -0.25) is 0 Å². The summed E-state index contributed by atoms with van der Waals surface area (Å²) in [5, 5.41) is 4.03. The maximum Gasteiger partial charge on any atom is 0.243 e. The van der Waals surface area contributed by atoms with Crippen molar-refractivity contribution in [2.75, 3.05) is 0 Å². The molecule has 1 heterocycles. The van der Waals surface area contributed by atoms with Gasteiger partial charge in [-0.1, -0.05) is 39.1 Å². The van der Waals surface area contributed by atoms with Crippen LogP contribution in [0.25, 0.3) is 0 Å². The summed E-state index contributed by atoms with van der Waals surface area (Å²) < 4.78 is 27.7. The molecule has 0 spiro atoms. The molecule has 0 amide bonds. The Morgan fingerprint density at radius 3 is 2.35 bits per heavy atom. The van der Waals surface area contributed by atoms with Gasteiger partial charge >= 0.3 is 0 Å². The third kappa shape index (κ3) is 3.55. The van der Waals surface area contributed by atoms with Gasteiger partial charge in [-0.15, -0.1) is 0 Å². The highest BCUT2D eigenvalue weighted by Gasteiger charge is 2.22. The molecule has 0 atom stereocenters. The van der Waals surface area contributed by atoms with Gasteiger partial charge in [-0.2, -0.15) is 11.3 Å². The molecule has 0 unspecified atom stereocenters. The van der Waals surface area contributed by atoms with Crippen molar-refractivity contribution in [2.45, 2.75) is 18.4 Å². The predicted molar refractivity (Wildman–Crippen MR) is 87.2 cm³/mol. The molecule has 0 bridgehead atoms. The van der Waals surface area contributed by atoms with E-state index in [1.54, 1.807) is 0 Å². The minimum atomic E-state index is -3.76. The van der Waals surface area contributed by atoms with Gasteiger partial charge in [-0.25, -0.2) is 13.1 Å². The molecule has 1 aromatic carbocycles. The fraction of sp³-hybridized carbons (Fsp3) is 0.167. The topological polar surface area (TPSA) is 46.2 Å². The maximum absolute atomic E-state index is 12.3. The maximum atomic E-state index is 12.3. The van der Waals surface area contributed by atoms with Gasteiger partial charge in [0.05, 0.1) is 10.0 Å². The summed E-state index contributed by atoms with van der Waals surface area (Å²) in [4.78, 5) is -0.100. The second-order valence-electron chi connectivity index (χ2n) is 4.10. The molecule has 0 aliphatic carbocycles. The Kier molecular flexibility index (Phi) is 5.15. The number of rotatable bonds is 4. The van der Waals surface area contributed by atoms with Gasteiger partial charge < -0.3 is 0 Å². The molecule has 0 aliphatic rings. The molecule has 0 radical (unpaired) electrons. The molecule has 3 nitrogen and oxygen atoms in total.